The van der Waals surface area contributed by atoms with Crippen molar-refractivity contribution in [3.63, 3.8) is 0 Å². The summed E-state index contributed by atoms with van der Waals surface area (Å²) < 4.78 is 0. The van der Waals surface area contributed by atoms with E-state index in [1.165, 1.54) is 0 Å². The number of urea groups is 1. The van der Waals surface area contributed by atoms with Crippen LogP contribution in [0.5, 0.6) is 0 Å². The molecule has 0 atom stereocenters. The summed E-state index contributed by atoms with van der Waals surface area (Å²) in [7, 11) is 0. The van der Waals surface area contributed by atoms with Crippen LogP contribution in [0.25, 0.3) is 0 Å². The van der Waals surface area contributed by atoms with Gasteiger partial charge in [-0.05, 0) is 25.7 Å². The molecule has 22 heavy (non-hydrogen) atoms. The number of hydrogen-bond acceptors (Lipinski definition) is 4. The first-order valence-corrected chi connectivity index (χ1v) is 7.80. The molecule has 0 aromatic rings. The van der Waals surface area contributed by atoms with Gasteiger partial charge in [-0.1, -0.05) is 6.08 Å². The van der Waals surface area contributed by atoms with Crippen LogP contribution in [0.1, 0.15) is 25.7 Å². The van der Waals surface area contributed by atoms with Crippen LogP contribution in [0.4, 0.5) is 4.79 Å². The van der Waals surface area contributed by atoms with Crippen molar-refractivity contribution < 1.29 is 14.4 Å². The molecule has 1 saturated heterocycles. The van der Waals surface area contributed by atoms with E-state index >= 15 is 0 Å². The Balaban J connectivity index is 1.61. The van der Waals surface area contributed by atoms with Gasteiger partial charge >= 0.3 is 6.03 Å². The fraction of sp³-hybridized carbons (Fsp3) is 0.667. The Kier molecular flexibility index (Phi) is 5.94. The highest BCUT2D eigenvalue weighted by atomic mass is 16.2. The molecule has 0 spiro atoms. The molecule has 1 saturated carbocycles. The summed E-state index contributed by atoms with van der Waals surface area (Å²) >= 11 is 0. The molecule has 7 heteroatoms. The fourth-order valence-corrected chi connectivity index (χ4v) is 2.48. The van der Waals surface area contributed by atoms with Crippen molar-refractivity contribution in [2.45, 2.75) is 31.7 Å². The maximum Gasteiger partial charge on any atom is 0.321 e. The van der Waals surface area contributed by atoms with Crippen molar-refractivity contribution in [2.24, 2.45) is 5.92 Å². The summed E-state index contributed by atoms with van der Waals surface area (Å²) in [4.78, 5) is 36.8. The first-order chi connectivity index (χ1) is 10.6. The van der Waals surface area contributed by atoms with E-state index in [0.29, 0.717) is 6.54 Å². The molecule has 1 aliphatic carbocycles. The minimum atomic E-state index is -0.503. The lowest BCUT2D eigenvalue weighted by molar-refractivity contribution is -0.124. The Labute approximate surface area is 130 Å². The van der Waals surface area contributed by atoms with Gasteiger partial charge in [0.1, 0.15) is 0 Å². The molecule has 2 fully saturated rings. The SMILES string of the molecule is C=CCNC(=O)NC(=O)CN1CCC(NC(=O)C2CC2)CC1. The van der Waals surface area contributed by atoms with Crippen molar-refractivity contribution in [3.05, 3.63) is 12.7 Å². The number of likely N-dealkylation sites (tertiary alicyclic amines) is 1. The highest BCUT2D eigenvalue weighted by molar-refractivity contribution is 5.95. The molecule has 0 aromatic heterocycles. The summed E-state index contributed by atoms with van der Waals surface area (Å²) in [5, 5.41) is 7.84. The van der Waals surface area contributed by atoms with Gasteiger partial charge in [0.05, 0.1) is 6.54 Å². The zero-order valence-corrected chi connectivity index (χ0v) is 12.8. The van der Waals surface area contributed by atoms with Gasteiger partial charge in [0, 0.05) is 31.6 Å². The van der Waals surface area contributed by atoms with Gasteiger partial charge in [-0.2, -0.15) is 0 Å². The first kappa shape index (κ1) is 16.5. The molecular weight excluding hydrogens is 284 g/mol. The standard InChI is InChI=1S/C15H24N4O3/c1-2-7-16-15(22)18-13(20)10-19-8-5-12(6-9-19)17-14(21)11-3-4-11/h2,11-12H,1,3-10H2,(H,17,21)(H2,16,18,20,22). The Morgan fingerprint density at radius 3 is 2.41 bits per heavy atom. The molecule has 4 amide bonds. The second-order valence-corrected chi connectivity index (χ2v) is 5.88. The molecule has 0 bridgehead atoms. The smallest absolute Gasteiger partial charge is 0.321 e. The van der Waals surface area contributed by atoms with E-state index in [1.807, 2.05) is 4.90 Å². The fourth-order valence-electron chi connectivity index (χ4n) is 2.48. The number of piperidine rings is 1. The molecule has 1 heterocycles. The van der Waals surface area contributed by atoms with Crippen LogP contribution < -0.4 is 16.0 Å². The Hall–Kier alpha value is -1.89. The normalized spacial score (nSPS) is 19.3. The lowest BCUT2D eigenvalue weighted by Crippen LogP contribution is -2.49. The molecule has 7 nitrogen and oxygen atoms in total. The summed E-state index contributed by atoms with van der Waals surface area (Å²) in [6.07, 6.45) is 5.26. The zero-order chi connectivity index (χ0) is 15.9. The third-order valence-corrected chi connectivity index (χ3v) is 3.91. The van der Waals surface area contributed by atoms with E-state index in [4.69, 9.17) is 0 Å². The number of nitrogens with zero attached hydrogens (tertiary/aromatic N) is 1. The van der Waals surface area contributed by atoms with Crippen LogP contribution in [0.3, 0.4) is 0 Å². The van der Waals surface area contributed by atoms with Gasteiger partial charge in [-0.15, -0.1) is 6.58 Å². The maximum absolute atomic E-state index is 11.7. The van der Waals surface area contributed by atoms with Crippen molar-refractivity contribution >= 4 is 17.8 Å². The monoisotopic (exact) mass is 308 g/mol. The predicted molar refractivity (Wildman–Crippen MR) is 82.1 cm³/mol. The van der Waals surface area contributed by atoms with Gasteiger partial charge in [0.25, 0.3) is 0 Å². The molecule has 122 valence electrons. The van der Waals surface area contributed by atoms with Crippen molar-refractivity contribution in [1.29, 1.82) is 0 Å². The quantitative estimate of drug-likeness (QED) is 0.602. The van der Waals surface area contributed by atoms with E-state index in [-0.39, 0.29) is 30.3 Å². The molecule has 0 radical (unpaired) electrons. The Bertz CT molecular complexity index is 440. The van der Waals surface area contributed by atoms with E-state index in [9.17, 15) is 14.4 Å². The molecule has 2 rings (SSSR count). The van der Waals surface area contributed by atoms with Crippen LogP contribution in [0.15, 0.2) is 12.7 Å². The molecule has 0 aromatic carbocycles. The highest BCUT2D eigenvalue weighted by Gasteiger charge is 2.31. The summed E-state index contributed by atoms with van der Waals surface area (Å²) in [5.74, 6) is 0.0926. The zero-order valence-electron chi connectivity index (χ0n) is 12.8. The predicted octanol–water partition coefficient (Wildman–Crippen LogP) is -0.0112. The summed E-state index contributed by atoms with van der Waals surface area (Å²) in [6, 6.07) is -0.292. The van der Waals surface area contributed by atoms with Crippen LogP contribution in [-0.4, -0.2) is 55.0 Å². The highest BCUT2D eigenvalue weighted by Crippen LogP contribution is 2.29. The lowest BCUT2D eigenvalue weighted by Gasteiger charge is -2.31. The third kappa shape index (κ3) is 5.48. The topological polar surface area (TPSA) is 90.5 Å². The molecule has 1 aliphatic heterocycles. The van der Waals surface area contributed by atoms with Gasteiger partial charge < -0.3 is 10.6 Å². The number of carbonyl (C=O) groups excluding carboxylic acids is 3. The van der Waals surface area contributed by atoms with E-state index < -0.39 is 6.03 Å². The number of imide groups is 1. The average molecular weight is 308 g/mol. The van der Waals surface area contributed by atoms with E-state index in [2.05, 4.69) is 22.5 Å². The molecular formula is C15H24N4O3. The third-order valence-electron chi connectivity index (χ3n) is 3.91. The molecule has 3 N–H and O–H groups in total. The van der Waals surface area contributed by atoms with Crippen LogP contribution >= 0.6 is 0 Å². The van der Waals surface area contributed by atoms with Gasteiger partial charge in [-0.3, -0.25) is 19.8 Å². The Morgan fingerprint density at radius 1 is 1.14 bits per heavy atom. The van der Waals surface area contributed by atoms with Gasteiger partial charge in [-0.25, -0.2) is 4.79 Å². The number of nitrogens with one attached hydrogen (secondary N) is 3. The second kappa shape index (κ2) is 7.93. The van der Waals surface area contributed by atoms with Crippen LogP contribution in [0, 0.1) is 5.92 Å². The van der Waals surface area contributed by atoms with Gasteiger partial charge in [0.15, 0.2) is 0 Å². The first-order valence-electron chi connectivity index (χ1n) is 7.80. The number of rotatable bonds is 6. The summed E-state index contributed by atoms with van der Waals surface area (Å²) in [6.45, 7) is 5.50. The van der Waals surface area contributed by atoms with Crippen LogP contribution in [-0.2, 0) is 9.59 Å². The van der Waals surface area contributed by atoms with Crippen molar-refractivity contribution in [3.8, 4) is 0 Å². The van der Waals surface area contributed by atoms with Crippen LogP contribution in [0.2, 0.25) is 0 Å². The van der Waals surface area contributed by atoms with Crippen molar-refractivity contribution in [2.75, 3.05) is 26.2 Å². The van der Waals surface area contributed by atoms with E-state index in [0.717, 1.165) is 38.8 Å². The number of hydrogen-bond donors (Lipinski definition) is 3. The number of carbonyl (C=O) groups is 3. The average Bonchev–Trinajstić information content (AvgIpc) is 3.31. The van der Waals surface area contributed by atoms with E-state index in [1.54, 1.807) is 6.08 Å². The Morgan fingerprint density at radius 2 is 1.82 bits per heavy atom. The summed E-state index contributed by atoms with van der Waals surface area (Å²) in [5.41, 5.74) is 0. The largest absolute Gasteiger partial charge is 0.353 e. The maximum atomic E-state index is 11.7. The second-order valence-electron chi connectivity index (χ2n) is 5.88. The number of amides is 4. The molecule has 0 unspecified atom stereocenters. The lowest BCUT2D eigenvalue weighted by atomic mass is 10.0. The molecule has 2 aliphatic rings. The van der Waals surface area contributed by atoms with Crippen molar-refractivity contribution in [1.82, 2.24) is 20.9 Å². The minimum Gasteiger partial charge on any atom is -0.353 e. The van der Waals surface area contributed by atoms with Gasteiger partial charge in [0.2, 0.25) is 11.8 Å². The minimum absolute atomic E-state index is 0.176.